The number of hydrogen-bond acceptors (Lipinski definition) is 4. The monoisotopic (exact) mass is 253 g/mol. The fourth-order valence-corrected chi connectivity index (χ4v) is 1.72. The van der Waals surface area contributed by atoms with E-state index in [1.54, 1.807) is 10.9 Å². The minimum atomic E-state index is 0.123. The first-order valence-corrected chi connectivity index (χ1v) is 6.53. The first-order valence-electron chi connectivity index (χ1n) is 6.53. The second-order valence-electron chi connectivity index (χ2n) is 4.59. The van der Waals surface area contributed by atoms with Gasteiger partial charge in [0.2, 0.25) is 5.91 Å². The second-order valence-corrected chi connectivity index (χ2v) is 4.59. The van der Waals surface area contributed by atoms with Crippen molar-refractivity contribution in [2.24, 2.45) is 11.7 Å². The summed E-state index contributed by atoms with van der Waals surface area (Å²) in [6.45, 7) is 4.29. The Balaban J connectivity index is 1.99. The number of nitrogens with zero attached hydrogens (tertiary/aromatic N) is 3. The molecule has 6 nitrogen and oxygen atoms in total. The molecule has 1 rings (SSSR count). The van der Waals surface area contributed by atoms with Crippen molar-refractivity contribution >= 4 is 5.91 Å². The molecule has 0 fully saturated rings. The Kier molecular flexibility index (Phi) is 7.01. The summed E-state index contributed by atoms with van der Waals surface area (Å²) in [6.07, 6.45) is 6.82. The number of aromatic nitrogens is 3. The van der Waals surface area contributed by atoms with E-state index in [4.69, 9.17) is 5.73 Å². The number of rotatable bonds is 9. The zero-order valence-electron chi connectivity index (χ0n) is 11.0. The van der Waals surface area contributed by atoms with Gasteiger partial charge in [-0.25, -0.2) is 0 Å². The first-order chi connectivity index (χ1) is 8.72. The highest BCUT2D eigenvalue weighted by molar-refractivity contribution is 5.75. The molecule has 0 aliphatic carbocycles. The highest BCUT2D eigenvalue weighted by atomic mass is 16.1. The van der Waals surface area contributed by atoms with Crippen LogP contribution in [0.3, 0.4) is 0 Å². The number of hydrogen-bond donors (Lipinski definition) is 2. The Hall–Kier alpha value is -1.43. The van der Waals surface area contributed by atoms with Gasteiger partial charge < -0.3 is 11.1 Å². The summed E-state index contributed by atoms with van der Waals surface area (Å²) in [5, 5.41) is 10.5. The molecule has 1 unspecified atom stereocenters. The third kappa shape index (κ3) is 6.34. The zero-order valence-corrected chi connectivity index (χ0v) is 11.0. The lowest BCUT2D eigenvalue weighted by atomic mass is 10.0. The SMILES string of the molecule is CC(CCN)CCC(=O)NCCCn1ccnn1. The first kappa shape index (κ1) is 14.6. The molecule has 0 aromatic carbocycles. The van der Waals surface area contributed by atoms with Crippen LogP contribution in [0.1, 0.15) is 32.6 Å². The van der Waals surface area contributed by atoms with Crippen LogP contribution in [0.15, 0.2) is 12.4 Å². The van der Waals surface area contributed by atoms with E-state index in [2.05, 4.69) is 22.6 Å². The average molecular weight is 253 g/mol. The summed E-state index contributed by atoms with van der Waals surface area (Å²) in [7, 11) is 0. The molecule has 0 spiro atoms. The molecule has 0 bridgehead atoms. The molecule has 0 aliphatic heterocycles. The number of nitrogens with two attached hydrogens (primary N) is 1. The van der Waals surface area contributed by atoms with E-state index in [-0.39, 0.29) is 5.91 Å². The topological polar surface area (TPSA) is 85.8 Å². The van der Waals surface area contributed by atoms with Crippen LogP contribution >= 0.6 is 0 Å². The van der Waals surface area contributed by atoms with Gasteiger partial charge in [-0.05, 0) is 31.7 Å². The summed E-state index contributed by atoms with van der Waals surface area (Å²) >= 11 is 0. The van der Waals surface area contributed by atoms with E-state index in [9.17, 15) is 4.79 Å². The Morgan fingerprint density at radius 3 is 3.00 bits per heavy atom. The number of aryl methyl sites for hydroxylation is 1. The van der Waals surface area contributed by atoms with Crippen molar-refractivity contribution < 1.29 is 4.79 Å². The lowest BCUT2D eigenvalue weighted by Crippen LogP contribution is -2.25. The van der Waals surface area contributed by atoms with Crippen molar-refractivity contribution in [2.75, 3.05) is 13.1 Å². The van der Waals surface area contributed by atoms with E-state index < -0.39 is 0 Å². The van der Waals surface area contributed by atoms with Gasteiger partial charge in [-0.15, -0.1) is 5.10 Å². The quantitative estimate of drug-likeness (QED) is 0.629. The number of carbonyl (C=O) groups excluding carboxylic acids is 1. The van der Waals surface area contributed by atoms with Crippen molar-refractivity contribution in [1.29, 1.82) is 0 Å². The summed E-state index contributed by atoms with van der Waals surface area (Å²) in [4.78, 5) is 11.5. The van der Waals surface area contributed by atoms with Gasteiger partial charge in [-0.1, -0.05) is 12.1 Å². The number of nitrogens with one attached hydrogen (secondary N) is 1. The second kappa shape index (κ2) is 8.63. The van der Waals surface area contributed by atoms with Gasteiger partial charge in [-0.3, -0.25) is 9.48 Å². The molecular weight excluding hydrogens is 230 g/mol. The van der Waals surface area contributed by atoms with E-state index in [1.165, 1.54) is 0 Å². The van der Waals surface area contributed by atoms with Crippen molar-refractivity contribution in [2.45, 2.75) is 39.2 Å². The molecule has 0 radical (unpaired) electrons. The fourth-order valence-electron chi connectivity index (χ4n) is 1.72. The Bertz CT molecular complexity index is 325. The third-order valence-electron chi connectivity index (χ3n) is 2.88. The summed E-state index contributed by atoms with van der Waals surface area (Å²) in [6, 6.07) is 0. The van der Waals surface area contributed by atoms with Crippen LogP contribution in [0.2, 0.25) is 0 Å². The normalized spacial score (nSPS) is 12.3. The van der Waals surface area contributed by atoms with Crippen LogP contribution in [0.25, 0.3) is 0 Å². The largest absolute Gasteiger partial charge is 0.356 e. The van der Waals surface area contributed by atoms with E-state index >= 15 is 0 Å². The molecule has 18 heavy (non-hydrogen) atoms. The standard InChI is InChI=1S/C12H23N5O/c1-11(5-6-13)3-4-12(18)14-7-2-9-17-10-8-15-16-17/h8,10-11H,2-7,9,13H2,1H3,(H,14,18). The van der Waals surface area contributed by atoms with Crippen molar-refractivity contribution in [3.8, 4) is 0 Å². The summed E-state index contributed by atoms with van der Waals surface area (Å²) in [5.74, 6) is 0.647. The Morgan fingerprint density at radius 1 is 1.50 bits per heavy atom. The van der Waals surface area contributed by atoms with E-state index in [0.29, 0.717) is 25.4 Å². The van der Waals surface area contributed by atoms with Crippen LogP contribution < -0.4 is 11.1 Å². The van der Waals surface area contributed by atoms with Crippen molar-refractivity contribution in [1.82, 2.24) is 20.3 Å². The van der Waals surface area contributed by atoms with Crippen LogP contribution in [-0.4, -0.2) is 34.0 Å². The summed E-state index contributed by atoms with van der Waals surface area (Å²) in [5.41, 5.74) is 5.47. The average Bonchev–Trinajstić information content (AvgIpc) is 2.85. The molecule has 0 saturated carbocycles. The molecule has 1 atom stereocenters. The van der Waals surface area contributed by atoms with Gasteiger partial charge in [0.15, 0.2) is 0 Å². The smallest absolute Gasteiger partial charge is 0.220 e. The van der Waals surface area contributed by atoms with Gasteiger partial charge in [0.1, 0.15) is 0 Å². The molecule has 1 heterocycles. The maximum atomic E-state index is 11.5. The summed E-state index contributed by atoms with van der Waals surface area (Å²) < 4.78 is 1.76. The maximum Gasteiger partial charge on any atom is 0.220 e. The Labute approximate surface area is 108 Å². The zero-order chi connectivity index (χ0) is 13.2. The molecule has 102 valence electrons. The van der Waals surface area contributed by atoms with Crippen LogP contribution in [-0.2, 0) is 11.3 Å². The molecule has 3 N–H and O–H groups in total. The van der Waals surface area contributed by atoms with Crippen LogP contribution in [0.4, 0.5) is 0 Å². The molecule has 0 saturated heterocycles. The van der Waals surface area contributed by atoms with Gasteiger partial charge in [0, 0.05) is 25.7 Å². The lowest BCUT2D eigenvalue weighted by molar-refractivity contribution is -0.121. The molecular formula is C12H23N5O. The minimum absolute atomic E-state index is 0.123. The molecule has 0 aliphatic rings. The van der Waals surface area contributed by atoms with Crippen molar-refractivity contribution in [3.05, 3.63) is 12.4 Å². The molecule has 1 amide bonds. The predicted molar refractivity (Wildman–Crippen MR) is 69.7 cm³/mol. The number of amides is 1. The van der Waals surface area contributed by atoms with Crippen LogP contribution in [0, 0.1) is 5.92 Å². The van der Waals surface area contributed by atoms with Gasteiger partial charge in [-0.2, -0.15) is 0 Å². The molecule has 1 aromatic rings. The van der Waals surface area contributed by atoms with Gasteiger partial charge >= 0.3 is 0 Å². The molecule has 6 heteroatoms. The highest BCUT2D eigenvalue weighted by Crippen LogP contribution is 2.08. The fraction of sp³-hybridized carbons (Fsp3) is 0.750. The van der Waals surface area contributed by atoms with Crippen molar-refractivity contribution in [3.63, 3.8) is 0 Å². The van der Waals surface area contributed by atoms with E-state index in [0.717, 1.165) is 25.8 Å². The highest BCUT2D eigenvalue weighted by Gasteiger charge is 2.05. The number of carbonyl (C=O) groups is 1. The third-order valence-corrected chi connectivity index (χ3v) is 2.88. The predicted octanol–water partition coefficient (Wildman–Crippen LogP) is 0.550. The maximum absolute atomic E-state index is 11.5. The van der Waals surface area contributed by atoms with E-state index in [1.807, 2.05) is 6.20 Å². The van der Waals surface area contributed by atoms with Gasteiger partial charge in [0.05, 0.1) is 6.20 Å². The van der Waals surface area contributed by atoms with Crippen LogP contribution in [0.5, 0.6) is 0 Å². The minimum Gasteiger partial charge on any atom is -0.356 e. The van der Waals surface area contributed by atoms with Gasteiger partial charge in [0.25, 0.3) is 0 Å². The molecule has 1 aromatic heterocycles. The Morgan fingerprint density at radius 2 is 2.33 bits per heavy atom. The lowest BCUT2D eigenvalue weighted by Gasteiger charge is -2.09.